The topological polar surface area (TPSA) is 40.6 Å². The molecule has 0 spiro atoms. The molecule has 0 aromatic heterocycles. The number of hydrogen-bond donors (Lipinski definition) is 0. The molecule has 0 saturated carbocycles. The first-order valence-electron chi connectivity index (χ1n) is 10.5. The zero-order chi connectivity index (χ0) is 20.0. The van der Waals surface area contributed by atoms with Gasteiger partial charge in [-0.1, -0.05) is 35.9 Å². The van der Waals surface area contributed by atoms with E-state index in [2.05, 4.69) is 29.2 Å². The van der Waals surface area contributed by atoms with E-state index in [1.807, 2.05) is 4.90 Å². The standard InChI is InChI=1S/C24H25ClN2O2/c25-17-7-8-19-20(13-17)21(14-23(19)28)24(29)27-12-9-16-5-1-2-6-18(16)22(27)15-26-10-3-4-11-26/h1-2,5-8,13,21-22H,3-4,9-12,14-15H2/t21?,22-/m1/s1. The molecule has 1 fully saturated rings. The zero-order valence-corrected chi connectivity index (χ0v) is 17.2. The lowest BCUT2D eigenvalue weighted by atomic mass is 9.90. The summed E-state index contributed by atoms with van der Waals surface area (Å²) >= 11 is 6.19. The van der Waals surface area contributed by atoms with Gasteiger partial charge in [-0.2, -0.15) is 0 Å². The summed E-state index contributed by atoms with van der Waals surface area (Å²) in [6, 6.07) is 13.8. The molecule has 0 radical (unpaired) electrons. The van der Waals surface area contributed by atoms with E-state index in [0.717, 1.165) is 31.6 Å². The fourth-order valence-electron chi connectivity index (χ4n) is 5.22. The Hall–Kier alpha value is -2.17. The summed E-state index contributed by atoms with van der Waals surface area (Å²) in [6.07, 6.45) is 3.57. The molecule has 2 atom stereocenters. The monoisotopic (exact) mass is 408 g/mol. The van der Waals surface area contributed by atoms with E-state index in [4.69, 9.17) is 11.6 Å². The highest BCUT2D eigenvalue weighted by Crippen LogP contribution is 2.39. The molecule has 1 aliphatic carbocycles. The van der Waals surface area contributed by atoms with E-state index in [1.54, 1.807) is 18.2 Å². The number of nitrogens with zero attached hydrogens (tertiary/aromatic N) is 2. The van der Waals surface area contributed by atoms with Crippen LogP contribution in [0.4, 0.5) is 0 Å². The lowest BCUT2D eigenvalue weighted by Gasteiger charge is -2.40. The van der Waals surface area contributed by atoms with Gasteiger partial charge in [0.1, 0.15) is 0 Å². The molecule has 1 unspecified atom stereocenters. The van der Waals surface area contributed by atoms with Gasteiger partial charge in [0.15, 0.2) is 5.78 Å². The predicted molar refractivity (Wildman–Crippen MR) is 113 cm³/mol. The van der Waals surface area contributed by atoms with Crippen LogP contribution < -0.4 is 0 Å². The normalized spacial score (nSPS) is 23.9. The third kappa shape index (κ3) is 3.38. The molecule has 5 rings (SSSR count). The fourth-order valence-corrected chi connectivity index (χ4v) is 5.40. The van der Waals surface area contributed by atoms with Crippen molar-refractivity contribution in [3.63, 3.8) is 0 Å². The Morgan fingerprint density at radius 2 is 1.83 bits per heavy atom. The number of Topliss-reactive ketones (excluding diaryl/α,β-unsaturated/α-hetero) is 1. The molecule has 4 nitrogen and oxygen atoms in total. The summed E-state index contributed by atoms with van der Waals surface area (Å²) in [7, 11) is 0. The van der Waals surface area contributed by atoms with E-state index in [9.17, 15) is 9.59 Å². The minimum Gasteiger partial charge on any atom is -0.333 e. The molecule has 0 bridgehead atoms. The van der Waals surface area contributed by atoms with Crippen molar-refractivity contribution in [3.05, 3.63) is 69.7 Å². The Bertz CT molecular complexity index is 967. The summed E-state index contributed by atoms with van der Waals surface area (Å²) in [5.41, 5.74) is 4.05. The first-order chi connectivity index (χ1) is 14.1. The van der Waals surface area contributed by atoms with Gasteiger partial charge in [-0.15, -0.1) is 0 Å². The smallest absolute Gasteiger partial charge is 0.231 e. The Morgan fingerprint density at radius 3 is 2.66 bits per heavy atom. The van der Waals surface area contributed by atoms with Gasteiger partial charge in [-0.3, -0.25) is 9.59 Å². The molecule has 1 amide bonds. The van der Waals surface area contributed by atoms with Crippen molar-refractivity contribution in [2.24, 2.45) is 0 Å². The van der Waals surface area contributed by atoms with Gasteiger partial charge in [0.25, 0.3) is 0 Å². The van der Waals surface area contributed by atoms with Crippen molar-refractivity contribution < 1.29 is 9.59 Å². The van der Waals surface area contributed by atoms with Gasteiger partial charge in [-0.25, -0.2) is 0 Å². The summed E-state index contributed by atoms with van der Waals surface area (Å²) in [4.78, 5) is 30.7. The van der Waals surface area contributed by atoms with Crippen LogP contribution in [0, 0.1) is 0 Å². The zero-order valence-electron chi connectivity index (χ0n) is 16.4. The number of carbonyl (C=O) groups is 2. The molecule has 2 heterocycles. The summed E-state index contributed by atoms with van der Waals surface area (Å²) in [6.45, 7) is 3.77. The van der Waals surface area contributed by atoms with Crippen molar-refractivity contribution >= 4 is 23.3 Å². The number of ketones is 1. The molecule has 2 aliphatic heterocycles. The molecule has 1 saturated heterocycles. The summed E-state index contributed by atoms with van der Waals surface area (Å²) in [5, 5.41) is 0.578. The van der Waals surface area contributed by atoms with Crippen LogP contribution in [0.5, 0.6) is 0 Å². The van der Waals surface area contributed by atoms with Gasteiger partial charge in [0, 0.05) is 30.1 Å². The van der Waals surface area contributed by atoms with Crippen molar-refractivity contribution in [3.8, 4) is 0 Å². The van der Waals surface area contributed by atoms with Crippen LogP contribution in [0.3, 0.4) is 0 Å². The van der Waals surface area contributed by atoms with Gasteiger partial charge in [-0.05, 0) is 67.2 Å². The summed E-state index contributed by atoms with van der Waals surface area (Å²) < 4.78 is 0. The molecule has 2 aromatic rings. The van der Waals surface area contributed by atoms with Crippen LogP contribution in [0.25, 0.3) is 0 Å². The van der Waals surface area contributed by atoms with Crippen LogP contribution >= 0.6 is 11.6 Å². The average Bonchev–Trinajstić information content (AvgIpc) is 3.35. The number of likely N-dealkylation sites (tertiary alicyclic amines) is 1. The molecule has 150 valence electrons. The molecule has 2 aromatic carbocycles. The average molecular weight is 409 g/mol. The molecule has 5 heteroatoms. The number of fused-ring (bicyclic) bond motifs is 2. The number of rotatable bonds is 3. The number of halogens is 1. The van der Waals surface area contributed by atoms with Gasteiger partial charge in [0.2, 0.25) is 5.91 Å². The first kappa shape index (κ1) is 18.8. The second-order valence-corrected chi connectivity index (χ2v) is 8.85. The molecule has 0 N–H and O–H groups in total. The van der Waals surface area contributed by atoms with Crippen LogP contribution in [0.1, 0.15) is 58.3 Å². The van der Waals surface area contributed by atoms with E-state index in [1.165, 1.54) is 24.0 Å². The van der Waals surface area contributed by atoms with Crippen LogP contribution in [-0.2, 0) is 11.2 Å². The van der Waals surface area contributed by atoms with Crippen LogP contribution in [0.15, 0.2) is 42.5 Å². The van der Waals surface area contributed by atoms with Gasteiger partial charge >= 0.3 is 0 Å². The van der Waals surface area contributed by atoms with Crippen molar-refractivity contribution in [1.29, 1.82) is 0 Å². The number of benzene rings is 2. The maximum absolute atomic E-state index is 13.7. The Labute approximate surface area is 176 Å². The van der Waals surface area contributed by atoms with Crippen molar-refractivity contribution in [2.45, 2.75) is 37.6 Å². The second kappa shape index (κ2) is 7.58. The van der Waals surface area contributed by atoms with E-state index < -0.39 is 5.92 Å². The van der Waals surface area contributed by atoms with Crippen molar-refractivity contribution in [2.75, 3.05) is 26.2 Å². The number of hydrogen-bond acceptors (Lipinski definition) is 3. The Balaban J connectivity index is 1.48. The second-order valence-electron chi connectivity index (χ2n) is 8.42. The Morgan fingerprint density at radius 1 is 1.03 bits per heavy atom. The van der Waals surface area contributed by atoms with Gasteiger partial charge < -0.3 is 9.80 Å². The minimum absolute atomic E-state index is 0.0449. The summed E-state index contributed by atoms with van der Waals surface area (Å²) in [5.74, 6) is -0.302. The molecular weight excluding hydrogens is 384 g/mol. The van der Waals surface area contributed by atoms with E-state index in [-0.39, 0.29) is 24.2 Å². The van der Waals surface area contributed by atoms with E-state index in [0.29, 0.717) is 17.1 Å². The van der Waals surface area contributed by atoms with Gasteiger partial charge in [0.05, 0.1) is 12.0 Å². The quantitative estimate of drug-likeness (QED) is 0.763. The highest BCUT2D eigenvalue weighted by atomic mass is 35.5. The highest BCUT2D eigenvalue weighted by Gasteiger charge is 2.40. The number of carbonyl (C=O) groups excluding carboxylic acids is 2. The van der Waals surface area contributed by atoms with Crippen molar-refractivity contribution in [1.82, 2.24) is 9.80 Å². The number of amides is 1. The third-order valence-corrected chi connectivity index (χ3v) is 6.94. The van der Waals surface area contributed by atoms with Crippen LogP contribution in [-0.4, -0.2) is 47.7 Å². The Kier molecular flexibility index (Phi) is 4.92. The first-order valence-corrected chi connectivity index (χ1v) is 10.9. The molecule has 3 aliphatic rings. The highest BCUT2D eigenvalue weighted by molar-refractivity contribution is 6.31. The maximum atomic E-state index is 13.7. The minimum atomic E-state index is -0.414. The predicted octanol–water partition coefficient (Wildman–Crippen LogP) is 4.23. The maximum Gasteiger partial charge on any atom is 0.231 e. The lowest BCUT2D eigenvalue weighted by Crippen LogP contribution is -2.46. The molecule has 29 heavy (non-hydrogen) atoms. The van der Waals surface area contributed by atoms with E-state index >= 15 is 0 Å². The third-order valence-electron chi connectivity index (χ3n) is 6.70. The van der Waals surface area contributed by atoms with Crippen LogP contribution in [0.2, 0.25) is 5.02 Å². The lowest BCUT2D eigenvalue weighted by molar-refractivity contribution is -0.136. The largest absolute Gasteiger partial charge is 0.333 e. The molecular formula is C24H25ClN2O2. The fraction of sp³-hybridized carbons (Fsp3) is 0.417. The SMILES string of the molecule is O=C1CC(C(=O)N2CCc3ccccc3[C@H]2CN2CCCC2)c2cc(Cl)ccc21.